The van der Waals surface area contributed by atoms with Crippen molar-refractivity contribution in [2.75, 3.05) is 5.32 Å². The van der Waals surface area contributed by atoms with Crippen molar-refractivity contribution in [1.29, 1.82) is 0 Å². The molecule has 0 aliphatic carbocycles. The summed E-state index contributed by atoms with van der Waals surface area (Å²) in [5, 5.41) is 14.9. The van der Waals surface area contributed by atoms with Gasteiger partial charge >= 0.3 is 0 Å². The summed E-state index contributed by atoms with van der Waals surface area (Å²) in [5.41, 5.74) is 1.06. The first-order chi connectivity index (χ1) is 11.6. The molecule has 0 saturated carbocycles. The van der Waals surface area contributed by atoms with E-state index in [0.717, 1.165) is 14.8 Å². The number of hydrogen-bond acceptors (Lipinski definition) is 7. The molecule has 1 amide bonds. The fourth-order valence-electron chi connectivity index (χ4n) is 1.82. The summed E-state index contributed by atoms with van der Waals surface area (Å²) in [5.74, 6) is 0.354. The van der Waals surface area contributed by atoms with E-state index in [1.54, 1.807) is 11.8 Å². The lowest BCUT2D eigenvalue weighted by atomic mass is 10.2. The molecule has 7 nitrogen and oxygen atoms in total. The zero-order valence-corrected chi connectivity index (χ0v) is 14.3. The van der Waals surface area contributed by atoms with Crippen LogP contribution < -0.4 is 10.9 Å². The normalized spacial score (nSPS) is 10.5. The van der Waals surface area contributed by atoms with E-state index in [1.807, 2.05) is 30.3 Å². The molecule has 2 heterocycles. The van der Waals surface area contributed by atoms with Gasteiger partial charge in [-0.2, -0.15) is 5.10 Å². The predicted molar refractivity (Wildman–Crippen MR) is 93.3 cm³/mol. The van der Waals surface area contributed by atoms with Gasteiger partial charge in [0.15, 0.2) is 4.34 Å². The largest absolute Gasteiger partial charge is 0.295 e. The minimum atomic E-state index is -0.429. The summed E-state index contributed by atoms with van der Waals surface area (Å²) in [6.45, 7) is 0. The van der Waals surface area contributed by atoms with Crippen LogP contribution in [0.1, 0.15) is 16.1 Å². The molecule has 0 aliphatic rings. The van der Waals surface area contributed by atoms with Gasteiger partial charge in [-0.25, -0.2) is 4.68 Å². The van der Waals surface area contributed by atoms with Crippen molar-refractivity contribution in [3.05, 3.63) is 64.1 Å². The Balaban J connectivity index is 1.62. The molecule has 122 valence electrons. The molecule has 3 aromatic rings. The number of benzene rings is 1. The van der Waals surface area contributed by atoms with Crippen LogP contribution in [0.5, 0.6) is 0 Å². The Labute approximate surface area is 145 Å². The van der Waals surface area contributed by atoms with Gasteiger partial charge in [0.25, 0.3) is 11.5 Å². The summed E-state index contributed by atoms with van der Waals surface area (Å²) in [4.78, 5) is 23.4. The monoisotopic (exact) mass is 359 g/mol. The van der Waals surface area contributed by atoms with Gasteiger partial charge in [-0.15, -0.1) is 10.2 Å². The van der Waals surface area contributed by atoms with E-state index >= 15 is 0 Å². The van der Waals surface area contributed by atoms with E-state index in [9.17, 15) is 9.59 Å². The third-order valence-electron chi connectivity index (χ3n) is 3.03. The van der Waals surface area contributed by atoms with E-state index in [4.69, 9.17) is 0 Å². The number of nitrogens with zero attached hydrogens (tertiary/aromatic N) is 4. The quantitative estimate of drug-likeness (QED) is 0.555. The number of nitrogens with one attached hydrogen (secondary N) is 1. The minimum Gasteiger partial charge on any atom is -0.295 e. The molecular formula is C15H13N5O2S2. The second-order valence-electron chi connectivity index (χ2n) is 4.78. The molecule has 0 unspecified atom stereocenters. The SMILES string of the molecule is Cn1nc(C(=O)Nc2nnc(SCc3ccccc3)s2)ccc1=O. The van der Waals surface area contributed by atoms with Crippen molar-refractivity contribution in [3.63, 3.8) is 0 Å². The van der Waals surface area contributed by atoms with Crippen LogP contribution in [-0.4, -0.2) is 25.9 Å². The molecule has 0 saturated heterocycles. The van der Waals surface area contributed by atoms with Crippen molar-refractivity contribution in [2.45, 2.75) is 10.1 Å². The fraction of sp³-hybridized carbons (Fsp3) is 0.133. The van der Waals surface area contributed by atoms with Crippen LogP contribution in [0.25, 0.3) is 0 Å². The average molecular weight is 359 g/mol. The van der Waals surface area contributed by atoms with E-state index in [0.29, 0.717) is 5.13 Å². The van der Waals surface area contributed by atoms with E-state index in [2.05, 4.69) is 20.6 Å². The van der Waals surface area contributed by atoms with Crippen LogP contribution in [0.4, 0.5) is 5.13 Å². The number of anilines is 1. The number of carbonyl (C=O) groups excluding carboxylic acids is 1. The third-order valence-corrected chi connectivity index (χ3v) is 5.07. The lowest BCUT2D eigenvalue weighted by molar-refractivity contribution is 0.102. The van der Waals surface area contributed by atoms with Gasteiger partial charge in [-0.3, -0.25) is 14.9 Å². The highest BCUT2D eigenvalue weighted by Crippen LogP contribution is 2.28. The number of thioether (sulfide) groups is 1. The maximum Gasteiger partial charge on any atom is 0.277 e. The Hall–Kier alpha value is -2.52. The number of aryl methyl sites for hydroxylation is 1. The Kier molecular flexibility index (Phi) is 5.02. The summed E-state index contributed by atoms with van der Waals surface area (Å²) in [6, 6.07) is 12.7. The summed E-state index contributed by atoms with van der Waals surface area (Å²) in [6.07, 6.45) is 0. The lowest BCUT2D eigenvalue weighted by Gasteiger charge is -2.01. The van der Waals surface area contributed by atoms with Crippen LogP contribution in [0.2, 0.25) is 0 Å². The standard InChI is InChI=1S/C15H13N5O2S2/c1-20-12(21)8-7-11(19-20)13(22)16-14-17-18-15(24-14)23-9-10-5-3-2-4-6-10/h2-8H,9H2,1H3,(H,16,17,22). The van der Waals surface area contributed by atoms with Crippen LogP contribution in [0, 0.1) is 0 Å². The molecule has 9 heteroatoms. The molecular weight excluding hydrogens is 346 g/mol. The Bertz CT molecular complexity index is 907. The van der Waals surface area contributed by atoms with Gasteiger partial charge in [0.05, 0.1) is 0 Å². The molecule has 2 aromatic heterocycles. The molecule has 3 rings (SSSR count). The number of aromatic nitrogens is 4. The molecule has 0 fully saturated rings. The predicted octanol–water partition coefficient (Wildman–Crippen LogP) is 2.18. The highest BCUT2D eigenvalue weighted by molar-refractivity contribution is 8.00. The van der Waals surface area contributed by atoms with Crippen LogP contribution in [0.3, 0.4) is 0 Å². The maximum absolute atomic E-state index is 12.1. The molecule has 0 atom stereocenters. The van der Waals surface area contributed by atoms with Crippen molar-refractivity contribution in [3.8, 4) is 0 Å². The smallest absolute Gasteiger partial charge is 0.277 e. The van der Waals surface area contributed by atoms with Crippen molar-refractivity contribution in [2.24, 2.45) is 7.05 Å². The minimum absolute atomic E-state index is 0.144. The molecule has 1 N–H and O–H groups in total. The topological polar surface area (TPSA) is 89.8 Å². The van der Waals surface area contributed by atoms with Gasteiger partial charge < -0.3 is 0 Å². The van der Waals surface area contributed by atoms with E-state index in [-0.39, 0.29) is 11.3 Å². The fourth-order valence-corrected chi connectivity index (χ4v) is 3.53. The van der Waals surface area contributed by atoms with Crippen molar-refractivity contribution < 1.29 is 4.79 Å². The Morgan fingerprint density at radius 2 is 2.00 bits per heavy atom. The summed E-state index contributed by atoms with van der Waals surface area (Å²) >= 11 is 2.85. The van der Waals surface area contributed by atoms with Gasteiger partial charge in [-0.05, 0) is 11.6 Å². The Morgan fingerprint density at radius 3 is 2.75 bits per heavy atom. The highest BCUT2D eigenvalue weighted by Gasteiger charge is 2.12. The first-order valence-corrected chi connectivity index (χ1v) is 8.78. The van der Waals surface area contributed by atoms with E-state index < -0.39 is 5.91 Å². The van der Waals surface area contributed by atoms with Crippen LogP contribution in [0.15, 0.2) is 51.6 Å². The molecule has 0 bridgehead atoms. The number of hydrogen-bond donors (Lipinski definition) is 1. The van der Waals surface area contributed by atoms with Crippen molar-refractivity contribution >= 4 is 34.1 Å². The van der Waals surface area contributed by atoms with Crippen LogP contribution in [-0.2, 0) is 12.8 Å². The number of amides is 1. The highest BCUT2D eigenvalue weighted by atomic mass is 32.2. The van der Waals surface area contributed by atoms with Crippen LogP contribution >= 0.6 is 23.1 Å². The molecule has 0 aliphatic heterocycles. The van der Waals surface area contributed by atoms with Gasteiger partial charge in [0.1, 0.15) is 5.69 Å². The van der Waals surface area contributed by atoms with Crippen molar-refractivity contribution in [1.82, 2.24) is 20.0 Å². The molecule has 1 aromatic carbocycles. The number of carbonyl (C=O) groups is 1. The molecule has 24 heavy (non-hydrogen) atoms. The third kappa shape index (κ3) is 4.06. The molecule has 0 spiro atoms. The van der Waals surface area contributed by atoms with Gasteiger partial charge in [0, 0.05) is 18.9 Å². The van der Waals surface area contributed by atoms with Gasteiger partial charge in [-0.1, -0.05) is 53.4 Å². The zero-order valence-electron chi connectivity index (χ0n) is 12.7. The average Bonchev–Trinajstić information content (AvgIpc) is 3.04. The summed E-state index contributed by atoms with van der Waals surface area (Å²) in [7, 11) is 1.49. The van der Waals surface area contributed by atoms with E-state index in [1.165, 1.54) is 36.1 Å². The molecule has 0 radical (unpaired) electrons. The maximum atomic E-state index is 12.1. The van der Waals surface area contributed by atoms with Gasteiger partial charge in [0.2, 0.25) is 5.13 Å². The second kappa shape index (κ2) is 7.37. The lowest BCUT2D eigenvalue weighted by Crippen LogP contribution is -2.23. The Morgan fingerprint density at radius 1 is 1.21 bits per heavy atom. The summed E-state index contributed by atoms with van der Waals surface area (Å²) < 4.78 is 1.87. The number of rotatable bonds is 5. The zero-order chi connectivity index (χ0) is 16.9. The first-order valence-electron chi connectivity index (χ1n) is 6.98. The first kappa shape index (κ1) is 16.3. The second-order valence-corrected chi connectivity index (χ2v) is 6.98.